The van der Waals surface area contributed by atoms with Gasteiger partial charge in [-0.1, -0.05) is 17.7 Å². The molecule has 0 aliphatic heterocycles. The third-order valence-corrected chi connectivity index (χ3v) is 2.47. The molecular weight excluding hydrogens is 273 g/mol. The van der Waals surface area contributed by atoms with Crippen LogP contribution in [0.2, 0.25) is 5.02 Å². The molecule has 0 radical (unpaired) electrons. The molecule has 0 aliphatic carbocycles. The van der Waals surface area contributed by atoms with Crippen LogP contribution >= 0.6 is 11.6 Å². The van der Waals surface area contributed by atoms with Crippen LogP contribution in [0.15, 0.2) is 18.2 Å². The van der Waals surface area contributed by atoms with Crippen molar-refractivity contribution in [2.24, 2.45) is 0 Å². The van der Waals surface area contributed by atoms with E-state index in [1.165, 1.54) is 18.2 Å². The third kappa shape index (κ3) is 5.04. The minimum atomic E-state index is -1.21. The molecule has 1 aromatic carbocycles. The highest BCUT2D eigenvalue weighted by Crippen LogP contribution is 2.26. The second-order valence-electron chi connectivity index (χ2n) is 5.04. The first-order chi connectivity index (χ1) is 8.73. The minimum Gasteiger partial charge on any atom is -0.444 e. The number of rotatable bonds is 3. The van der Waals surface area contributed by atoms with Gasteiger partial charge in [0, 0.05) is 0 Å². The highest BCUT2D eigenvalue weighted by atomic mass is 35.5. The van der Waals surface area contributed by atoms with E-state index in [4.69, 9.17) is 16.3 Å². The summed E-state index contributed by atoms with van der Waals surface area (Å²) < 4.78 is 17.4. The van der Waals surface area contributed by atoms with Crippen LogP contribution in [-0.4, -0.2) is 23.5 Å². The molecule has 0 fully saturated rings. The zero-order chi connectivity index (χ0) is 14.6. The lowest BCUT2D eigenvalue weighted by Gasteiger charge is -2.20. The summed E-state index contributed by atoms with van der Waals surface area (Å²) in [6.45, 7) is 4.34. The van der Waals surface area contributed by atoms with Gasteiger partial charge in [0.15, 0.2) is 0 Å². The van der Waals surface area contributed by atoms with E-state index in [9.17, 15) is 14.3 Å². The summed E-state index contributed by atoms with van der Waals surface area (Å²) >= 11 is 5.94. The van der Waals surface area contributed by atoms with E-state index < -0.39 is 24.5 Å². The quantitative estimate of drug-likeness (QED) is 0.892. The summed E-state index contributed by atoms with van der Waals surface area (Å²) in [5, 5.41) is 12.0. The van der Waals surface area contributed by atoms with Crippen LogP contribution in [0.3, 0.4) is 0 Å². The van der Waals surface area contributed by atoms with Gasteiger partial charge in [-0.25, -0.2) is 9.18 Å². The lowest BCUT2D eigenvalue weighted by molar-refractivity contribution is 0.0636. The smallest absolute Gasteiger partial charge is 0.412 e. The van der Waals surface area contributed by atoms with E-state index in [2.05, 4.69) is 5.32 Å². The lowest BCUT2D eigenvalue weighted by atomic mass is 10.1. The van der Waals surface area contributed by atoms with Gasteiger partial charge in [0.2, 0.25) is 0 Å². The Morgan fingerprint density at radius 2 is 2.16 bits per heavy atom. The Kier molecular flexibility index (Phi) is 5.14. The average Bonchev–Trinajstić information content (AvgIpc) is 2.28. The van der Waals surface area contributed by atoms with Crippen LogP contribution in [0.5, 0.6) is 0 Å². The first-order valence-electron chi connectivity index (χ1n) is 5.76. The first-order valence-corrected chi connectivity index (χ1v) is 6.14. The van der Waals surface area contributed by atoms with Crippen LogP contribution in [0.4, 0.5) is 14.9 Å². The van der Waals surface area contributed by atoms with Crippen LogP contribution < -0.4 is 5.32 Å². The maximum atomic E-state index is 12.3. The van der Waals surface area contributed by atoms with E-state index in [1.54, 1.807) is 20.8 Å². The largest absolute Gasteiger partial charge is 0.444 e. The van der Waals surface area contributed by atoms with E-state index in [1.807, 2.05) is 0 Å². The summed E-state index contributed by atoms with van der Waals surface area (Å²) in [7, 11) is 0. The molecule has 0 saturated heterocycles. The van der Waals surface area contributed by atoms with Crippen molar-refractivity contribution in [1.29, 1.82) is 0 Å². The molecule has 106 valence electrons. The number of hydrogen-bond donors (Lipinski definition) is 2. The zero-order valence-corrected chi connectivity index (χ0v) is 11.8. The summed E-state index contributed by atoms with van der Waals surface area (Å²) in [5.74, 6) is 0. The highest BCUT2D eigenvalue weighted by molar-refractivity contribution is 6.33. The van der Waals surface area contributed by atoms with Crippen molar-refractivity contribution in [3.8, 4) is 0 Å². The summed E-state index contributed by atoms with van der Waals surface area (Å²) in [4.78, 5) is 11.6. The number of aliphatic hydroxyl groups is 1. The lowest BCUT2D eigenvalue weighted by Crippen LogP contribution is -2.27. The maximum Gasteiger partial charge on any atom is 0.412 e. The Morgan fingerprint density at radius 1 is 1.53 bits per heavy atom. The Labute approximate surface area is 116 Å². The number of amides is 1. The molecule has 1 aromatic rings. The fraction of sp³-hybridized carbons (Fsp3) is 0.462. The van der Waals surface area contributed by atoms with Crippen molar-refractivity contribution in [3.63, 3.8) is 0 Å². The number of ether oxygens (including phenoxy) is 1. The standard InChI is InChI=1S/C13H17ClFNO3/c1-13(2,3)19-12(18)16-10-5-4-8(6-9(10)14)11(17)7-15/h4-6,11,17H,7H2,1-3H3,(H,16,18). The van der Waals surface area contributed by atoms with Crippen molar-refractivity contribution in [2.45, 2.75) is 32.5 Å². The summed E-state index contributed by atoms with van der Waals surface area (Å²) in [5.41, 5.74) is 0.0777. The number of benzene rings is 1. The van der Waals surface area contributed by atoms with Gasteiger partial charge in [-0.2, -0.15) is 0 Å². The molecule has 2 N–H and O–H groups in total. The van der Waals surface area contributed by atoms with Crippen molar-refractivity contribution in [2.75, 3.05) is 12.0 Å². The number of aliphatic hydroxyl groups excluding tert-OH is 1. The molecule has 4 nitrogen and oxygen atoms in total. The second kappa shape index (κ2) is 6.21. The Morgan fingerprint density at radius 3 is 2.63 bits per heavy atom. The fourth-order valence-electron chi connectivity index (χ4n) is 1.34. The molecule has 0 bridgehead atoms. The van der Waals surface area contributed by atoms with Gasteiger partial charge in [0.05, 0.1) is 10.7 Å². The highest BCUT2D eigenvalue weighted by Gasteiger charge is 2.17. The molecule has 19 heavy (non-hydrogen) atoms. The predicted molar refractivity (Wildman–Crippen MR) is 72.2 cm³/mol. The van der Waals surface area contributed by atoms with E-state index in [0.717, 1.165) is 0 Å². The monoisotopic (exact) mass is 289 g/mol. The number of hydrogen-bond acceptors (Lipinski definition) is 3. The molecule has 0 aromatic heterocycles. The predicted octanol–water partition coefficient (Wildman–Crippen LogP) is 3.69. The number of alkyl halides is 1. The van der Waals surface area contributed by atoms with Gasteiger partial charge in [-0.15, -0.1) is 0 Å². The van der Waals surface area contributed by atoms with Crippen LogP contribution in [0.1, 0.15) is 32.4 Å². The molecule has 0 aliphatic rings. The van der Waals surface area contributed by atoms with Gasteiger partial charge < -0.3 is 9.84 Å². The molecule has 0 heterocycles. The zero-order valence-electron chi connectivity index (χ0n) is 11.0. The number of carbonyl (C=O) groups excluding carboxylic acids is 1. The van der Waals surface area contributed by atoms with Gasteiger partial charge in [0.1, 0.15) is 18.4 Å². The molecule has 6 heteroatoms. The maximum absolute atomic E-state index is 12.3. The van der Waals surface area contributed by atoms with E-state index in [0.29, 0.717) is 11.3 Å². The topological polar surface area (TPSA) is 58.6 Å². The number of carbonyl (C=O) groups is 1. The van der Waals surface area contributed by atoms with Gasteiger partial charge >= 0.3 is 6.09 Å². The summed E-state index contributed by atoms with van der Waals surface area (Å²) in [6.07, 6.45) is -1.85. The van der Waals surface area contributed by atoms with Crippen molar-refractivity contribution >= 4 is 23.4 Å². The number of anilines is 1. The van der Waals surface area contributed by atoms with Gasteiger partial charge in [0.25, 0.3) is 0 Å². The van der Waals surface area contributed by atoms with Gasteiger partial charge in [-0.05, 0) is 38.5 Å². The Balaban J connectivity index is 2.78. The van der Waals surface area contributed by atoms with Crippen LogP contribution in [-0.2, 0) is 4.74 Å². The molecule has 1 amide bonds. The van der Waals surface area contributed by atoms with Crippen molar-refractivity contribution < 1.29 is 19.0 Å². The van der Waals surface area contributed by atoms with Crippen LogP contribution in [0.25, 0.3) is 0 Å². The molecular formula is C13H17ClFNO3. The second-order valence-corrected chi connectivity index (χ2v) is 5.44. The molecule has 1 unspecified atom stereocenters. The first kappa shape index (κ1) is 15.7. The Bertz CT molecular complexity index is 460. The minimum absolute atomic E-state index is 0.204. The van der Waals surface area contributed by atoms with Gasteiger partial charge in [-0.3, -0.25) is 5.32 Å². The SMILES string of the molecule is CC(C)(C)OC(=O)Nc1ccc(C(O)CF)cc1Cl. The average molecular weight is 290 g/mol. The molecule has 1 atom stereocenters. The van der Waals surface area contributed by atoms with Crippen molar-refractivity contribution in [1.82, 2.24) is 0 Å². The Hall–Kier alpha value is -1.33. The molecule has 1 rings (SSSR count). The fourth-order valence-corrected chi connectivity index (χ4v) is 1.58. The van der Waals surface area contributed by atoms with Crippen LogP contribution in [0, 0.1) is 0 Å². The van der Waals surface area contributed by atoms with E-state index in [-0.39, 0.29) is 5.02 Å². The third-order valence-electron chi connectivity index (χ3n) is 2.16. The molecule has 0 spiro atoms. The normalized spacial score (nSPS) is 12.9. The molecule has 0 saturated carbocycles. The van der Waals surface area contributed by atoms with E-state index >= 15 is 0 Å². The summed E-state index contributed by atoms with van der Waals surface area (Å²) in [6, 6.07) is 4.38. The number of halogens is 2. The number of nitrogens with one attached hydrogen (secondary N) is 1. The van der Waals surface area contributed by atoms with Crippen molar-refractivity contribution in [3.05, 3.63) is 28.8 Å².